The van der Waals surface area contributed by atoms with E-state index in [2.05, 4.69) is 11.9 Å². The largest absolute Gasteiger partial charge is 0.264 e. The van der Waals surface area contributed by atoms with Gasteiger partial charge in [-0.2, -0.15) is 0 Å². The standard InChI is InChI=1S/C7H8N/c1-6-3-4-8-5-7(6)2/h3-5H,2H2,1H3. The molecule has 8 heavy (non-hydrogen) atoms. The first kappa shape index (κ1) is 5.29. The first-order chi connectivity index (χ1) is 3.80. The number of hydrogen-bond acceptors (Lipinski definition) is 1. The van der Waals surface area contributed by atoms with Gasteiger partial charge >= 0.3 is 0 Å². The molecule has 0 unspecified atom stereocenters. The van der Waals surface area contributed by atoms with Gasteiger partial charge in [0.25, 0.3) is 0 Å². The molecule has 0 aliphatic carbocycles. The minimum atomic E-state index is 1.01. The normalized spacial score (nSPS) is 9.25. The van der Waals surface area contributed by atoms with E-state index >= 15 is 0 Å². The summed E-state index contributed by atoms with van der Waals surface area (Å²) in [6.45, 7) is 5.78. The van der Waals surface area contributed by atoms with Crippen molar-refractivity contribution in [1.29, 1.82) is 0 Å². The number of rotatable bonds is 0. The maximum atomic E-state index is 3.88. The van der Waals surface area contributed by atoms with Gasteiger partial charge in [0.2, 0.25) is 0 Å². The lowest BCUT2D eigenvalue weighted by atomic mass is 10.2. The van der Waals surface area contributed by atoms with E-state index in [0.717, 1.165) is 5.56 Å². The van der Waals surface area contributed by atoms with Crippen LogP contribution < -0.4 is 0 Å². The topological polar surface area (TPSA) is 12.9 Å². The maximum Gasteiger partial charge on any atom is 0.0302 e. The van der Waals surface area contributed by atoms with Gasteiger partial charge in [-0.05, 0) is 31.0 Å². The van der Waals surface area contributed by atoms with E-state index in [4.69, 9.17) is 0 Å². The van der Waals surface area contributed by atoms with E-state index in [-0.39, 0.29) is 0 Å². The van der Waals surface area contributed by atoms with Crippen LogP contribution in [0.15, 0.2) is 18.5 Å². The molecule has 0 spiro atoms. The molecule has 0 bridgehead atoms. The second kappa shape index (κ2) is 1.95. The smallest absolute Gasteiger partial charge is 0.0302 e. The summed E-state index contributed by atoms with van der Waals surface area (Å²) in [5.41, 5.74) is 2.20. The lowest BCUT2D eigenvalue weighted by molar-refractivity contribution is 1.26. The Morgan fingerprint density at radius 1 is 1.62 bits per heavy atom. The molecule has 0 fully saturated rings. The van der Waals surface area contributed by atoms with Crippen LogP contribution in [-0.2, 0) is 0 Å². The number of aromatic nitrogens is 1. The van der Waals surface area contributed by atoms with Gasteiger partial charge in [-0.15, -0.1) is 0 Å². The zero-order valence-corrected chi connectivity index (χ0v) is 4.89. The molecule has 0 atom stereocenters. The van der Waals surface area contributed by atoms with Crippen molar-refractivity contribution < 1.29 is 0 Å². The molecule has 0 saturated carbocycles. The first-order valence-corrected chi connectivity index (χ1v) is 2.53. The number of aryl methyl sites for hydroxylation is 1. The van der Waals surface area contributed by atoms with Crippen LogP contribution in [0.2, 0.25) is 0 Å². The van der Waals surface area contributed by atoms with Crippen molar-refractivity contribution >= 4 is 0 Å². The number of pyridine rings is 1. The molecule has 1 aromatic heterocycles. The van der Waals surface area contributed by atoms with Crippen LogP contribution >= 0.6 is 0 Å². The quantitative estimate of drug-likeness (QED) is 0.489. The highest BCUT2D eigenvalue weighted by Gasteiger charge is 1.85. The Balaban J connectivity index is 3.13. The Bertz CT molecular complexity index is 160. The summed E-state index contributed by atoms with van der Waals surface area (Å²) in [5, 5.41) is 0. The van der Waals surface area contributed by atoms with Crippen LogP contribution in [0.3, 0.4) is 0 Å². The minimum absolute atomic E-state index is 1.01. The highest BCUT2D eigenvalue weighted by Crippen LogP contribution is 2.00. The molecule has 0 saturated heterocycles. The SMILES string of the molecule is [CH2]c1cnccc1C. The van der Waals surface area contributed by atoms with Crippen LogP contribution in [0.5, 0.6) is 0 Å². The molecule has 0 amide bonds. The van der Waals surface area contributed by atoms with Gasteiger partial charge in [-0.25, -0.2) is 0 Å². The molecule has 1 heteroatoms. The number of nitrogens with zero attached hydrogens (tertiary/aromatic N) is 1. The summed E-state index contributed by atoms with van der Waals surface area (Å²) >= 11 is 0. The Morgan fingerprint density at radius 3 is 2.75 bits per heavy atom. The lowest BCUT2D eigenvalue weighted by Crippen LogP contribution is -1.78. The molecule has 1 nitrogen and oxygen atoms in total. The Hall–Kier alpha value is -0.850. The lowest BCUT2D eigenvalue weighted by Gasteiger charge is -1.92. The molecule has 41 valence electrons. The summed E-state index contributed by atoms with van der Waals surface area (Å²) in [5.74, 6) is 0. The molecular formula is C7H8N. The van der Waals surface area contributed by atoms with E-state index < -0.39 is 0 Å². The average molecular weight is 106 g/mol. The predicted octanol–water partition coefficient (Wildman–Crippen LogP) is 1.57. The van der Waals surface area contributed by atoms with E-state index in [1.165, 1.54) is 5.56 Å². The second-order valence-corrected chi connectivity index (χ2v) is 1.80. The van der Waals surface area contributed by atoms with Crippen LogP contribution in [0.4, 0.5) is 0 Å². The monoisotopic (exact) mass is 106 g/mol. The minimum Gasteiger partial charge on any atom is -0.264 e. The zero-order valence-electron chi connectivity index (χ0n) is 4.89. The second-order valence-electron chi connectivity index (χ2n) is 1.80. The van der Waals surface area contributed by atoms with E-state index in [9.17, 15) is 0 Å². The van der Waals surface area contributed by atoms with Crippen LogP contribution in [0.25, 0.3) is 0 Å². The first-order valence-electron chi connectivity index (χ1n) is 2.53. The summed E-state index contributed by atoms with van der Waals surface area (Å²) in [7, 11) is 0. The van der Waals surface area contributed by atoms with E-state index in [1.807, 2.05) is 13.0 Å². The molecule has 1 heterocycles. The Morgan fingerprint density at radius 2 is 2.38 bits per heavy atom. The van der Waals surface area contributed by atoms with Crippen molar-refractivity contribution in [3.63, 3.8) is 0 Å². The molecule has 0 aliphatic heterocycles. The van der Waals surface area contributed by atoms with Crippen LogP contribution in [0.1, 0.15) is 11.1 Å². The van der Waals surface area contributed by atoms with Crippen molar-refractivity contribution in [3.8, 4) is 0 Å². The van der Waals surface area contributed by atoms with Crippen molar-refractivity contribution in [2.75, 3.05) is 0 Å². The molecular weight excluding hydrogens is 98.1 g/mol. The highest BCUT2D eigenvalue weighted by atomic mass is 14.6. The zero-order chi connectivity index (χ0) is 5.98. The third-order valence-corrected chi connectivity index (χ3v) is 1.15. The molecule has 1 aromatic rings. The van der Waals surface area contributed by atoms with Gasteiger partial charge < -0.3 is 0 Å². The third-order valence-electron chi connectivity index (χ3n) is 1.15. The summed E-state index contributed by atoms with van der Waals surface area (Å²) in [6, 6.07) is 1.95. The fourth-order valence-electron chi connectivity index (χ4n) is 0.497. The van der Waals surface area contributed by atoms with Crippen molar-refractivity contribution in [1.82, 2.24) is 4.98 Å². The van der Waals surface area contributed by atoms with E-state index in [1.54, 1.807) is 12.4 Å². The van der Waals surface area contributed by atoms with Crippen LogP contribution in [0, 0.1) is 13.8 Å². The average Bonchev–Trinajstić information content (AvgIpc) is 1.77. The molecule has 0 aliphatic rings. The molecule has 1 radical (unpaired) electrons. The van der Waals surface area contributed by atoms with Crippen LogP contribution in [-0.4, -0.2) is 4.98 Å². The molecule has 0 N–H and O–H groups in total. The van der Waals surface area contributed by atoms with Gasteiger partial charge in [-0.1, -0.05) is 0 Å². The Labute approximate surface area is 49.4 Å². The molecule has 1 rings (SSSR count). The number of hydrogen-bond donors (Lipinski definition) is 0. The fourth-order valence-corrected chi connectivity index (χ4v) is 0.497. The summed E-state index contributed by atoms with van der Waals surface area (Å²) in [4.78, 5) is 3.88. The van der Waals surface area contributed by atoms with Gasteiger partial charge in [0.05, 0.1) is 0 Å². The fraction of sp³-hybridized carbons (Fsp3) is 0.143. The maximum absolute atomic E-state index is 3.88. The van der Waals surface area contributed by atoms with Gasteiger partial charge in [-0.3, -0.25) is 4.98 Å². The van der Waals surface area contributed by atoms with Crippen molar-refractivity contribution in [2.45, 2.75) is 6.92 Å². The molecule has 0 aromatic carbocycles. The third kappa shape index (κ3) is 0.861. The van der Waals surface area contributed by atoms with Crippen molar-refractivity contribution in [3.05, 3.63) is 36.5 Å². The van der Waals surface area contributed by atoms with Crippen molar-refractivity contribution in [2.24, 2.45) is 0 Å². The summed E-state index contributed by atoms with van der Waals surface area (Å²) in [6.07, 6.45) is 3.53. The van der Waals surface area contributed by atoms with Gasteiger partial charge in [0, 0.05) is 12.4 Å². The van der Waals surface area contributed by atoms with E-state index in [0.29, 0.717) is 0 Å². The Kier molecular flexibility index (Phi) is 1.29. The summed E-state index contributed by atoms with van der Waals surface area (Å²) < 4.78 is 0. The van der Waals surface area contributed by atoms with Gasteiger partial charge in [0.15, 0.2) is 0 Å². The predicted molar refractivity (Wildman–Crippen MR) is 33.4 cm³/mol. The highest BCUT2D eigenvalue weighted by molar-refractivity contribution is 5.23. The van der Waals surface area contributed by atoms with Gasteiger partial charge in [0.1, 0.15) is 0 Å².